The van der Waals surface area contributed by atoms with Crippen molar-refractivity contribution in [2.24, 2.45) is 0 Å². The van der Waals surface area contributed by atoms with Gasteiger partial charge >= 0.3 is 5.97 Å². The smallest absolute Gasteiger partial charge is 0.342 e. The van der Waals surface area contributed by atoms with Gasteiger partial charge in [-0.2, -0.15) is 0 Å². The van der Waals surface area contributed by atoms with Crippen LogP contribution in [0.4, 0.5) is 4.39 Å². The predicted molar refractivity (Wildman–Crippen MR) is 109 cm³/mol. The summed E-state index contributed by atoms with van der Waals surface area (Å²) in [5, 5.41) is 0. The molecule has 3 rings (SSSR count). The zero-order chi connectivity index (χ0) is 21.5. The van der Waals surface area contributed by atoms with Crippen molar-refractivity contribution in [1.82, 2.24) is 9.88 Å². The number of hydrogen-bond donors (Lipinski definition) is 0. The molecule has 0 N–H and O–H groups in total. The van der Waals surface area contributed by atoms with E-state index in [4.69, 9.17) is 9.47 Å². The quantitative estimate of drug-likeness (QED) is 0.548. The molecule has 1 atom stereocenters. The average molecular weight is 408 g/mol. The van der Waals surface area contributed by atoms with E-state index in [1.807, 2.05) is 0 Å². The van der Waals surface area contributed by atoms with Crippen molar-refractivity contribution in [3.8, 4) is 11.5 Å². The van der Waals surface area contributed by atoms with Crippen molar-refractivity contribution in [3.63, 3.8) is 0 Å². The first-order chi connectivity index (χ1) is 14.4. The second kappa shape index (κ2) is 9.65. The third-order valence-electron chi connectivity index (χ3n) is 4.29. The lowest BCUT2D eigenvalue weighted by Crippen LogP contribution is -2.37. The molecule has 154 valence electrons. The second-order valence-electron chi connectivity index (χ2n) is 6.66. The number of hydrogen-bond acceptors (Lipinski definition) is 5. The molecule has 0 radical (unpaired) electrons. The monoisotopic (exact) mass is 408 g/mol. The van der Waals surface area contributed by atoms with Gasteiger partial charge in [-0.3, -0.25) is 9.78 Å². The minimum Gasteiger partial charge on any atom is -0.455 e. The average Bonchev–Trinajstić information content (AvgIpc) is 2.74. The molecular formula is C23H21FN2O4. The van der Waals surface area contributed by atoms with Gasteiger partial charge < -0.3 is 14.4 Å². The fourth-order valence-corrected chi connectivity index (χ4v) is 2.83. The number of aromatic nitrogens is 1. The number of nitrogens with zero attached hydrogens (tertiary/aromatic N) is 2. The van der Waals surface area contributed by atoms with Gasteiger partial charge in [-0.05, 0) is 48.9 Å². The van der Waals surface area contributed by atoms with E-state index in [0.29, 0.717) is 17.1 Å². The van der Waals surface area contributed by atoms with E-state index in [1.165, 1.54) is 30.2 Å². The van der Waals surface area contributed by atoms with Gasteiger partial charge in [0.05, 0.1) is 6.20 Å². The fourth-order valence-electron chi connectivity index (χ4n) is 2.83. The second-order valence-corrected chi connectivity index (χ2v) is 6.66. The Bertz CT molecular complexity index is 1030. The van der Waals surface area contributed by atoms with Crippen molar-refractivity contribution in [2.75, 3.05) is 7.05 Å². The number of pyridine rings is 1. The highest BCUT2D eigenvalue weighted by Crippen LogP contribution is 2.25. The number of carbonyl (C=O) groups excluding carboxylic acids is 2. The lowest BCUT2D eigenvalue weighted by molar-refractivity contribution is -0.139. The summed E-state index contributed by atoms with van der Waals surface area (Å²) in [5.41, 5.74) is 0.827. The molecule has 0 aliphatic carbocycles. The van der Waals surface area contributed by atoms with Gasteiger partial charge in [0.1, 0.15) is 22.9 Å². The third kappa shape index (κ3) is 5.41. The third-order valence-corrected chi connectivity index (χ3v) is 4.29. The first-order valence-corrected chi connectivity index (χ1v) is 9.31. The van der Waals surface area contributed by atoms with Crippen molar-refractivity contribution in [3.05, 3.63) is 90.0 Å². The molecule has 0 aliphatic heterocycles. The Morgan fingerprint density at radius 1 is 1.10 bits per heavy atom. The fraction of sp³-hybridized carbons (Fsp3) is 0.174. The maximum atomic E-state index is 13.3. The van der Waals surface area contributed by atoms with Gasteiger partial charge in [-0.25, -0.2) is 9.18 Å². The molecule has 30 heavy (non-hydrogen) atoms. The minimum atomic E-state index is -1.03. The Hall–Kier alpha value is -3.74. The largest absolute Gasteiger partial charge is 0.455 e. The molecule has 2 aromatic carbocycles. The first kappa shape index (κ1) is 21.0. The Labute approximate surface area is 173 Å². The molecular weight excluding hydrogens is 387 g/mol. The number of esters is 1. The standard InChI is InChI=1S/C23H21FN2O4/c1-16(22(27)26(2)15-17-7-5-8-18(24)13-17)29-23(28)20-10-3-4-11-21(20)30-19-9-6-12-25-14-19/h3-14,16H,15H2,1-2H3. The van der Waals surface area contributed by atoms with Crippen LogP contribution in [0.5, 0.6) is 11.5 Å². The zero-order valence-electron chi connectivity index (χ0n) is 16.6. The maximum Gasteiger partial charge on any atom is 0.342 e. The molecule has 7 heteroatoms. The van der Waals surface area contributed by atoms with Gasteiger partial charge in [0.2, 0.25) is 0 Å². The molecule has 1 aromatic heterocycles. The Morgan fingerprint density at radius 2 is 1.90 bits per heavy atom. The molecule has 1 heterocycles. The molecule has 0 spiro atoms. The van der Waals surface area contributed by atoms with Crippen LogP contribution >= 0.6 is 0 Å². The molecule has 6 nitrogen and oxygen atoms in total. The zero-order valence-corrected chi connectivity index (χ0v) is 16.6. The summed E-state index contributed by atoms with van der Waals surface area (Å²) in [6.07, 6.45) is 2.11. The molecule has 1 amide bonds. The minimum absolute atomic E-state index is 0.189. The molecule has 0 bridgehead atoms. The number of rotatable bonds is 7. The Morgan fingerprint density at radius 3 is 2.63 bits per heavy atom. The number of benzene rings is 2. The van der Waals surface area contributed by atoms with Crippen LogP contribution < -0.4 is 4.74 Å². The van der Waals surface area contributed by atoms with E-state index < -0.39 is 18.0 Å². The number of carbonyl (C=O) groups is 2. The first-order valence-electron chi connectivity index (χ1n) is 9.31. The Balaban J connectivity index is 1.66. The summed E-state index contributed by atoms with van der Waals surface area (Å²) < 4.78 is 24.4. The maximum absolute atomic E-state index is 13.3. The van der Waals surface area contributed by atoms with Crippen LogP contribution in [0.15, 0.2) is 73.1 Å². The molecule has 0 fully saturated rings. The van der Waals surface area contributed by atoms with E-state index in [9.17, 15) is 14.0 Å². The number of ether oxygens (including phenoxy) is 2. The summed E-state index contributed by atoms with van der Waals surface area (Å²) in [7, 11) is 1.57. The highest BCUT2D eigenvalue weighted by atomic mass is 19.1. The molecule has 1 unspecified atom stereocenters. The number of likely N-dealkylation sites (N-methyl/N-ethyl adjacent to an activating group) is 1. The highest BCUT2D eigenvalue weighted by molar-refractivity contribution is 5.94. The van der Waals surface area contributed by atoms with Crippen molar-refractivity contribution < 1.29 is 23.5 Å². The van der Waals surface area contributed by atoms with E-state index in [2.05, 4.69) is 4.98 Å². The van der Waals surface area contributed by atoms with Crippen LogP contribution in [-0.2, 0) is 16.1 Å². The lowest BCUT2D eigenvalue weighted by Gasteiger charge is -2.22. The van der Waals surface area contributed by atoms with Gasteiger partial charge in [0, 0.05) is 19.8 Å². The number of halogens is 1. The lowest BCUT2D eigenvalue weighted by atomic mass is 10.2. The molecule has 3 aromatic rings. The number of amides is 1. The summed E-state index contributed by atoms with van der Waals surface area (Å²) in [6, 6.07) is 16.0. The SMILES string of the molecule is CC(OC(=O)c1ccccc1Oc1cccnc1)C(=O)N(C)Cc1cccc(F)c1. The van der Waals surface area contributed by atoms with E-state index >= 15 is 0 Å². The molecule has 0 saturated heterocycles. The summed E-state index contributed by atoms with van der Waals surface area (Å²) >= 11 is 0. The van der Waals surface area contributed by atoms with Crippen LogP contribution in [0, 0.1) is 5.82 Å². The summed E-state index contributed by atoms with van der Waals surface area (Å²) in [4.78, 5) is 30.6. The van der Waals surface area contributed by atoms with Gasteiger partial charge in [-0.15, -0.1) is 0 Å². The molecule has 0 aliphatic rings. The number of para-hydroxylation sites is 1. The van der Waals surface area contributed by atoms with Crippen LogP contribution in [-0.4, -0.2) is 34.9 Å². The van der Waals surface area contributed by atoms with Crippen LogP contribution in [0.25, 0.3) is 0 Å². The van der Waals surface area contributed by atoms with Crippen LogP contribution in [0.3, 0.4) is 0 Å². The van der Waals surface area contributed by atoms with E-state index in [-0.39, 0.29) is 17.9 Å². The van der Waals surface area contributed by atoms with Crippen LogP contribution in [0.2, 0.25) is 0 Å². The summed E-state index contributed by atoms with van der Waals surface area (Å²) in [5.74, 6) is -0.703. The highest BCUT2D eigenvalue weighted by Gasteiger charge is 2.24. The van der Waals surface area contributed by atoms with Gasteiger partial charge in [0.25, 0.3) is 5.91 Å². The van der Waals surface area contributed by atoms with E-state index in [0.717, 1.165) is 0 Å². The van der Waals surface area contributed by atoms with Gasteiger partial charge in [0.15, 0.2) is 6.10 Å². The van der Waals surface area contributed by atoms with Crippen molar-refractivity contribution >= 4 is 11.9 Å². The predicted octanol–water partition coefficient (Wildman–Crippen LogP) is 4.22. The molecule has 0 saturated carbocycles. The normalized spacial score (nSPS) is 11.4. The van der Waals surface area contributed by atoms with Crippen molar-refractivity contribution in [1.29, 1.82) is 0 Å². The summed E-state index contributed by atoms with van der Waals surface area (Å²) in [6.45, 7) is 1.69. The van der Waals surface area contributed by atoms with Crippen molar-refractivity contribution in [2.45, 2.75) is 19.6 Å². The topological polar surface area (TPSA) is 68.7 Å². The van der Waals surface area contributed by atoms with Crippen LogP contribution in [0.1, 0.15) is 22.8 Å². The van der Waals surface area contributed by atoms with E-state index in [1.54, 1.807) is 61.8 Å². The van der Waals surface area contributed by atoms with Gasteiger partial charge in [-0.1, -0.05) is 24.3 Å². The Kier molecular flexibility index (Phi) is 6.75.